The molecule has 2 N–H and O–H groups in total. The van der Waals surface area contributed by atoms with E-state index >= 15 is 0 Å². The van der Waals surface area contributed by atoms with Crippen molar-refractivity contribution in [3.8, 4) is 11.5 Å². The Balaban J connectivity index is 2.55. The van der Waals surface area contributed by atoms with Gasteiger partial charge in [-0.25, -0.2) is 4.79 Å². The maximum absolute atomic E-state index is 11.1. The summed E-state index contributed by atoms with van der Waals surface area (Å²) in [5.41, 5.74) is 7.72. The molecule has 2 aromatic rings. The van der Waals surface area contributed by atoms with E-state index in [-0.39, 0.29) is 17.3 Å². The van der Waals surface area contributed by atoms with Gasteiger partial charge < -0.3 is 19.9 Å². The van der Waals surface area contributed by atoms with E-state index in [1.165, 1.54) is 11.1 Å². The number of hydrogen-bond acceptors (Lipinski definition) is 4. The topological polar surface area (TPSA) is 70.8 Å². The number of carbonyl (C=O) groups excluding carboxylic acids is 1. The first kappa shape index (κ1) is 27.0. The van der Waals surface area contributed by atoms with Crippen LogP contribution in [0.2, 0.25) is 0 Å². The number of carbonyl (C=O) groups is 1. The Hall–Kier alpha value is -2.21. The van der Waals surface area contributed by atoms with Crippen LogP contribution in [0.15, 0.2) is 46.9 Å². The van der Waals surface area contributed by atoms with Crippen LogP contribution in [-0.2, 0) is 4.74 Å². The zero-order chi connectivity index (χ0) is 24.4. The molecule has 2 atom stereocenters. The largest absolute Gasteiger partial charge is 0.493 e. The Morgan fingerprint density at radius 1 is 0.970 bits per heavy atom. The lowest BCUT2D eigenvalue weighted by Gasteiger charge is -2.34. The summed E-state index contributed by atoms with van der Waals surface area (Å²) in [6.07, 6.45) is 1.84. The van der Waals surface area contributed by atoms with Gasteiger partial charge in [0.2, 0.25) is 0 Å². The molecule has 182 valence electrons. The average molecular weight is 521 g/mol. The Kier molecular flexibility index (Phi) is 10.6. The van der Waals surface area contributed by atoms with Crippen LogP contribution in [0.4, 0.5) is 4.79 Å². The zero-order valence-corrected chi connectivity index (χ0v) is 22.1. The Morgan fingerprint density at radius 3 is 2.03 bits per heavy atom. The van der Waals surface area contributed by atoms with Crippen molar-refractivity contribution in [2.24, 2.45) is 11.1 Å². The van der Waals surface area contributed by atoms with Crippen molar-refractivity contribution in [1.29, 1.82) is 0 Å². The Labute approximate surface area is 207 Å². The summed E-state index contributed by atoms with van der Waals surface area (Å²) in [4.78, 5) is 11.1. The van der Waals surface area contributed by atoms with E-state index in [1.54, 1.807) is 0 Å². The SMILES string of the molecule is CCOc1cc([C@H](CC(C)(C)C)C(CCCOC(N)=O)c2ccccc2)cc(OCC)c1Br. The summed E-state index contributed by atoms with van der Waals surface area (Å²) in [6.45, 7) is 12.2. The molecule has 0 saturated heterocycles. The quantitative estimate of drug-likeness (QED) is 0.296. The number of nitrogens with two attached hydrogens (primary N) is 1. The zero-order valence-electron chi connectivity index (χ0n) is 20.5. The number of primary amides is 1. The molecule has 0 heterocycles. The summed E-state index contributed by atoms with van der Waals surface area (Å²) in [7, 11) is 0. The molecule has 0 bridgehead atoms. The van der Waals surface area contributed by atoms with Gasteiger partial charge in [-0.15, -0.1) is 0 Å². The fraction of sp³-hybridized carbons (Fsp3) is 0.519. The van der Waals surface area contributed by atoms with Crippen LogP contribution < -0.4 is 15.2 Å². The molecule has 6 heteroatoms. The van der Waals surface area contributed by atoms with Gasteiger partial charge in [0.25, 0.3) is 0 Å². The Bertz CT molecular complexity index is 852. The van der Waals surface area contributed by atoms with Gasteiger partial charge in [0.15, 0.2) is 0 Å². The minimum atomic E-state index is -0.729. The van der Waals surface area contributed by atoms with Crippen LogP contribution in [0.5, 0.6) is 11.5 Å². The van der Waals surface area contributed by atoms with Crippen molar-refractivity contribution < 1.29 is 19.0 Å². The van der Waals surface area contributed by atoms with Crippen molar-refractivity contribution in [1.82, 2.24) is 0 Å². The minimum absolute atomic E-state index is 0.103. The fourth-order valence-electron chi connectivity index (χ4n) is 4.26. The summed E-state index contributed by atoms with van der Waals surface area (Å²) in [6, 6.07) is 14.8. The summed E-state index contributed by atoms with van der Waals surface area (Å²) < 4.78 is 17.8. The van der Waals surface area contributed by atoms with Gasteiger partial charge in [-0.2, -0.15) is 0 Å². The molecular weight excluding hydrogens is 482 g/mol. The molecule has 0 saturated carbocycles. The van der Waals surface area contributed by atoms with Crippen LogP contribution >= 0.6 is 15.9 Å². The van der Waals surface area contributed by atoms with Crippen molar-refractivity contribution in [3.05, 3.63) is 58.1 Å². The van der Waals surface area contributed by atoms with Gasteiger partial charge in [0.1, 0.15) is 16.0 Å². The van der Waals surface area contributed by atoms with Gasteiger partial charge in [-0.05, 0) is 89.6 Å². The lowest BCUT2D eigenvalue weighted by molar-refractivity contribution is 0.153. The molecule has 2 aromatic carbocycles. The van der Waals surface area contributed by atoms with Crippen molar-refractivity contribution in [2.45, 2.75) is 65.7 Å². The van der Waals surface area contributed by atoms with Crippen LogP contribution in [-0.4, -0.2) is 25.9 Å². The Morgan fingerprint density at radius 2 is 1.55 bits per heavy atom. The maximum atomic E-state index is 11.1. The highest BCUT2D eigenvalue weighted by Gasteiger charge is 2.30. The van der Waals surface area contributed by atoms with Gasteiger partial charge >= 0.3 is 6.09 Å². The van der Waals surface area contributed by atoms with E-state index in [0.29, 0.717) is 19.8 Å². The van der Waals surface area contributed by atoms with Crippen LogP contribution in [0, 0.1) is 5.41 Å². The molecule has 33 heavy (non-hydrogen) atoms. The smallest absolute Gasteiger partial charge is 0.404 e. The number of benzene rings is 2. The molecule has 5 nitrogen and oxygen atoms in total. The van der Waals surface area contributed by atoms with Gasteiger partial charge in [0.05, 0.1) is 19.8 Å². The standard InChI is InChI=1S/C27H38BrNO4/c1-6-31-23-16-20(17-24(25(23)28)32-7-2)22(18-27(3,4)5)21(14-11-15-33-26(29)30)19-12-9-8-10-13-19/h8-10,12-13,16-17,21-22H,6-7,11,14-15,18H2,1-5H3,(H2,29,30)/t21?,22-/m0/s1. The number of halogens is 1. The first-order chi connectivity index (χ1) is 15.7. The first-order valence-corrected chi connectivity index (χ1v) is 12.5. The molecule has 2 rings (SSSR count). The predicted octanol–water partition coefficient (Wildman–Crippen LogP) is 7.43. The maximum Gasteiger partial charge on any atom is 0.404 e. The third kappa shape index (κ3) is 8.58. The van der Waals surface area contributed by atoms with Crippen LogP contribution in [0.1, 0.15) is 76.8 Å². The lowest BCUT2D eigenvalue weighted by atomic mass is 9.71. The highest BCUT2D eigenvalue weighted by Crippen LogP contribution is 2.47. The molecule has 0 fully saturated rings. The lowest BCUT2D eigenvalue weighted by Crippen LogP contribution is -2.20. The van der Waals surface area contributed by atoms with Crippen LogP contribution in [0.3, 0.4) is 0 Å². The molecular formula is C27H38BrNO4. The summed E-state index contributed by atoms with van der Waals surface area (Å²) in [5.74, 6) is 2.03. The molecule has 0 aliphatic carbocycles. The molecule has 0 aromatic heterocycles. The van der Waals surface area contributed by atoms with Gasteiger partial charge in [-0.1, -0.05) is 51.1 Å². The van der Waals surface area contributed by atoms with E-state index in [4.69, 9.17) is 19.9 Å². The average Bonchev–Trinajstić information content (AvgIpc) is 2.75. The fourth-order valence-corrected chi connectivity index (χ4v) is 4.71. The molecule has 1 unspecified atom stereocenters. The van der Waals surface area contributed by atoms with E-state index in [1.807, 2.05) is 19.9 Å². The van der Waals surface area contributed by atoms with E-state index in [0.717, 1.165) is 35.2 Å². The molecule has 0 radical (unpaired) electrons. The third-order valence-electron chi connectivity index (χ3n) is 5.51. The van der Waals surface area contributed by atoms with Gasteiger partial charge in [0, 0.05) is 0 Å². The molecule has 0 spiro atoms. The van der Waals surface area contributed by atoms with Crippen molar-refractivity contribution in [2.75, 3.05) is 19.8 Å². The number of rotatable bonds is 12. The number of ether oxygens (including phenoxy) is 3. The van der Waals surface area contributed by atoms with Gasteiger partial charge in [-0.3, -0.25) is 0 Å². The monoisotopic (exact) mass is 519 g/mol. The molecule has 1 amide bonds. The van der Waals surface area contributed by atoms with E-state index < -0.39 is 6.09 Å². The molecule has 0 aliphatic rings. The van der Waals surface area contributed by atoms with E-state index in [9.17, 15) is 4.79 Å². The second kappa shape index (κ2) is 12.9. The van der Waals surface area contributed by atoms with Crippen molar-refractivity contribution in [3.63, 3.8) is 0 Å². The molecule has 0 aliphatic heterocycles. The van der Waals surface area contributed by atoms with Crippen molar-refractivity contribution >= 4 is 22.0 Å². The number of hydrogen-bond donors (Lipinski definition) is 1. The second-order valence-corrected chi connectivity index (χ2v) is 10.2. The highest BCUT2D eigenvalue weighted by atomic mass is 79.9. The predicted molar refractivity (Wildman–Crippen MR) is 137 cm³/mol. The van der Waals surface area contributed by atoms with Crippen LogP contribution in [0.25, 0.3) is 0 Å². The normalized spacial score (nSPS) is 13.3. The highest BCUT2D eigenvalue weighted by molar-refractivity contribution is 9.10. The van der Waals surface area contributed by atoms with E-state index in [2.05, 4.69) is 73.1 Å². The first-order valence-electron chi connectivity index (χ1n) is 11.7. The number of amides is 1. The third-order valence-corrected chi connectivity index (χ3v) is 6.29. The summed E-state index contributed by atoms with van der Waals surface area (Å²) in [5, 5.41) is 0. The second-order valence-electron chi connectivity index (χ2n) is 9.40. The minimum Gasteiger partial charge on any atom is -0.493 e. The summed E-state index contributed by atoms with van der Waals surface area (Å²) >= 11 is 3.66.